The third-order valence-electron chi connectivity index (χ3n) is 3.85. The highest BCUT2D eigenvalue weighted by Crippen LogP contribution is 2.42. The van der Waals surface area contributed by atoms with Gasteiger partial charge >= 0.3 is 5.97 Å². The molecule has 0 aromatic carbocycles. The first-order chi connectivity index (χ1) is 14.3. The van der Waals surface area contributed by atoms with Crippen molar-refractivity contribution in [3.05, 3.63) is 23.8 Å². The minimum absolute atomic E-state index is 0.128. The van der Waals surface area contributed by atoms with Crippen molar-refractivity contribution in [1.29, 1.82) is 0 Å². The van der Waals surface area contributed by atoms with Crippen LogP contribution in [0.15, 0.2) is 23.8 Å². The van der Waals surface area contributed by atoms with E-state index in [2.05, 4.69) is 0 Å². The molecule has 6 atom stereocenters. The van der Waals surface area contributed by atoms with Gasteiger partial charge in [0.2, 0.25) is 0 Å². The smallest absolute Gasteiger partial charge is 0.305 e. The zero-order chi connectivity index (χ0) is 24.9. The van der Waals surface area contributed by atoms with E-state index in [9.17, 15) is 15.0 Å². The molecule has 0 aromatic rings. The first-order valence-electron chi connectivity index (χ1n) is 12.3. The minimum Gasteiger partial charge on any atom is -0.481 e. The normalized spacial score (nSPS) is 42.6. The number of rotatable bonds is 7. The van der Waals surface area contributed by atoms with E-state index in [-0.39, 0.29) is 6.42 Å². The van der Waals surface area contributed by atoms with Crippen LogP contribution in [0.25, 0.3) is 0 Å². The Balaban J connectivity index is 2.38. The maximum atomic E-state index is 11.1. The zero-order valence-corrected chi connectivity index (χ0v) is 12.1. The fourth-order valence-corrected chi connectivity index (χ4v) is 2.81. The number of aliphatic carboxylic acids is 1. The van der Waals surface area contributed by atoms with Gasteiger partial charge in [0.15, 0.2) is 0 Å². The summed E-state index contributed by atoms with van der Waals surface area (Å²) in [4.78, 5) is 11.1. The zero-order valence-electron chi connectivity index (χ0n) is 22.1. The average molecular weight is 327 g/mol. The molecule has 0 fully saturated rings. The van der Waals surface area contributed by atoms with E-state index in [1.54, 1.807) is 12.2 Å². The molecule has 2 rings (SSSR count). The summed E-state index contributed by atoms with van der Waals surface area (Å²) >= 11 is 0. The number of fused-ring (bicyclic) bond motifs is 1. The number of allylic oxidation sites excluding steroid dienone is 4. The lowest BCUT2D eigenvalue weighted by Gasteiger charge is -2.37. The number of carbonyl (C=O) groups is 1. The first-order valence-corrected chi connectivity index (χ1v) is 7.25. The average Bonchev–Trinajstić information content (AvgIpc) is 2.64. The van der Waals surface area contributed by atoms with E-state index < -0.39 is 74.7 Å². The van der Waals surface area contributed by atoms with Gasteiger partial charge in [-0.15, -0.1) is 0 Å². The van der Waals surface area contributed by atoms with Gasteiger partial charge in [-0.25, -0.2) is 0 Å². The van der Waals surface area contributed by atoms with Gasteiger partial charge in [0.1, 0.15) is 0 Å². The molecule has 0 aromatic heterocycles. The maximum absolute atomic E-state index is 11.1. The fraction of sp³-hybridized carbons (Fsp3) is 0.722. The van der Waals surface area contributed by atoms with Crippen LogP contribution in [-0.2, 0) is 4.79 Å². The molecule has 22 heavy (non-hydrogen) atoms. The SMILES string of the molecule is [2H]C([13CH2][C@H]1[13C@@H](C([2H])([2H])[2H])C=[13CH]C2=[13CH]C[13CH2]C([2H])([2H])[13C@@H]21)[13C@H](O)C([2H])([2H])[13C@H](O)C([2H])([2H])[13C](=O)O. The summed E-state index contributed by atoms with van der Waals surface area (Å²) in [6.45, 7) is -2.55. The van der Waals surface area contributed by atoms with Crippen molar-refractivity contribution in [2.45, 2.75) is 63.8 Å². The molecule has 0 aliphatic heterocycles. The fourth-order valence-electron chi connectivity index (χ4n) is 2.81. The Morgan fingerprint density at radius 1 is 1.55 bits per heavy atom. The molecule has 0 amide bonds. The number of aliphatic hydroxyl groups is 2. The molecule has 2 aliphatic carbocycles. The Hall–Kier alpha value is -1.13. The summed E-state index contributed by atoms with van der Waals surface area (Å²) in [5, 5.41) is 29.4. The number of hydrogen-bond acceptors (Lipinski definition) is 3. The lowest BCUT2D eigenvalue weighted by Crippen LogP contribution is -2.29. The highest BCUT2D eigenvalue weighted by molar-refractivity contribution is 5.67. The van der Waals surface area contributed by atoms with E-state index in [4.69, 9.17) is 18.8 Å². The molecule has 0 spiro atoms. The number of carboxylic acids is 1. The monoisotopic (exact) mass is 327 g/mol. The summed E-state index contributed by atoms with van der Waals surface area (Å²) in [5.74, 6) is -5.23. The summed E-state index contributed by atoms with van der Waals surface area (Å²) in [5.41, 5.74) is 0.568. The third kappa shape index (κ3) is 4.68. The van der Waals surface area contributed by atoms with Gasteiger partial charge in [0.25, 0.3) is 0 Å². The lowest BCUT2D eigenvalue weighted by molar-refractivity contribution is -0.139. The van der Waals surface area contributed by atoms with Gasteiger partial charge in [-0.05, 0) is 61.7 Å². The minimum atomic E-state index is -3.45. The molecule has 0 radical (unpaired) electrons. The number of aliphatic hydroxyl groups excluding tert-OH is 2. The summed E-state index contributed by atoms with van der Waals surface area (Å²) in [6, 6.07) is 0. The van der Waals surface area contributed by atoms with Crippen LogP contribution >= 0.6 is 0 Å². The predicted molar refractivity (Wildman–Crippen MR) is 85.3 cm³/mol. The molecule has 1 unspecified atom stereocenters. The Morgan fingerprint density at radius 3 is 3.09 bits per heavy atom. The molecule has 2 aliphatic rings. The van der Waals surface area contributed by atoms with Crippen LogP contribution in [0.1, 0.15) is 65.3 Å². The van der Waals surface area contributed by atoms with Crippen molar-refractivity contribution >= 4 is 5.97 Å². The van der Waals surface area contributed by atoms with Gasteiger partial charge < -0.3 is 15.3 Å². The molecular formula is C18H28O4. The summed E-state index contributed by atoms with van der Waals surface area (Å²) < 4.78 is 79.2. The summed E-state index contributed by atoms with van der Waals surface area (Å²) in [7, 11) is 0. The van der Waals surface area contributed by atoms with Crippen molar-refractivity contribution in [3.8, 4) is 0 Å². The molecule has 3 N–H and O–H groups in total. The highest BCUT2D eigenvalue weighted by atomic mass is 16.5. The van der Waals surface area contributed by atoms with Crippen molar-refractivity contribution < 1.29 is 33.8 Å². The molecule has 4 nitrogen and oxygen atoms in total. The molecular weight excluding hydrogens is 289 g/mol. The Bertz CT molecular complexity index is 776. The molecule has 0 saturated carbocycles. The largest absolute Gasteiger partial charge is 0.481 e. The molecule has 0 saturated heterocycles. The Labute approximate surface area is 146 Å². The number of hydrogen-bond donors (Lipinski definition) is 3. The second-order valence-corrected chi connectivity index (χ2v) is 5.41. The van der Waals surface area contributed by atoms with Crippen LogP contribution in [0.3, 0.4) is 0 Å². The lowest BCUT2D eigenvalue weighted by atomic mass is 10.1. The standard InChI is InChI=1S/C18H28O4/c1-12-6-7-13-4-2-3-5-17(13)16(12)9-8-14(19)10-15(20)11-18(21)22/h4,6-7,12,14-17,19-20H,2-3,5,8-11H2,1H3,(H,21,22)/t12-,14-,15-,16-,17-/m0/s1/i1D3,3+1,4+1,5D2,7+1,8D,9+1,10D2,11D2,12+1,14+1,15+1,17+1,18+1/t8?,12-,14-,15-,16-,17-. The molecule has 124 valence electrons. The topological polar surface area (TPSA) is 77.8 Å². The Kier molecular flexibility index (Phi) is 2.92. The maximum Gasteiger partial charge on any atom is 0.305 e. The van der Waals surface area contributed by atoms with Crippen LogP contribution in [0.5, 0.6) is 0 Å². The van der Waals surface area contributed by atoms with E-state index in [1.165, 1.54) is 6.08 Å². The molecule has 4 heteroatoms. The molecule has 0 heterocycles. The van der Waals surface area contributed by atoms with E-state index >= 15 is 0 Å². The van der Waals surface area contributed by atoms with Crippen LogP contribution < -0.4 is 0 Å². The number of carboxylic acid groups (broad SMARTS) is 1. The third-order valence-corrected chi connectivity index (χ3v) is 3.85. The highest BCUT2D eigenvalue weighted by Gasteiger charge is 2.32. The van der Waals surface area contributed by atoms with Gasteiger partial charge in [-0.1, -0.05) is 25.1 Å². The van der Waals surface area contributed by atoms with Gasteiger partial charge in [-0.3, -0.25) is 4.79 Å². The quantitative estimate of drug-likeness (QED) is 0.628. The van der Waals surface area contributed by atoms with E-state index in [1.807, 2.05) is 0 Å². The van der Waals surface area contributed by atoms with Gasteiger partial charge in [0.05, 0.1) is 18.6 Å². The van der Waals surface area contributed by atoms with Crippen LogP contribution in [0.4, 0.5) is 0 Å². The van der Waals surface area contributed by atoms with E-state index in [0.717, 1.165) is 0 Å². The second kappa shape index (κ2) is 7.93. The van der Waals surface area contributed by atoms with Crippen molar-refractivity contribution in [2.75, 3.05) is 0 Å². The van der Waals surface area contributed by atoms with Crippen molar-refractivity contribution in [1.82, 2.24) is 0 Å². The second-order valence-electron chi connectivity index (χ2n) is 5.41. The first kappa shape index (κ1) is 8.11. The predicted octanol–water partition coefficient (Wildman–Crippen LogP) is 2.90. The van der Waals surface area contributed by atoms with Crippen LogP contribution in [0, 0.1) is 17.8 Å². The Morgan fingerprint density at radius 2 is 2.36 bits per heavy atom. The summed E-state index contributed by atoms with van der Waals surface area (Å²) in [6.07, 6.45) is -10.6. The van der Waals surface area contributed by atoms with Crippen LogP contribution in [-0.4, -0.2) is 33.5 Å². The molecule has 0 bridgehead atoms. The van der Waals surface area contributed by atoms with Crippen molar-refractivity contribution in [2.24, 2.45) is 17.8 Å². The van der Waals surface area contributed by atoms with Crippen molar-refractivity contribution in [3.63, 3.8) is 0 Å². The van der Waals surface area contributed by atoms with Crippen LogP contribution in [0.2, 0.25) is 0 Å². The van der Waals surface area contributed by atoms with Gasteiger partial charge in [-0.2, -0.15) is 0 Å². The van der Waals surface area contributed by atoms with Gasteiger partial charge in [0, 0.05) is 13.7 Å². The van der Waals surface area contributed by atoms with E-state index in [0.29, 0.717) is 12.0 Å².